The summed E-state index contributed by atoms with van der Waals surface area (Å²) in [6.07, 6.45) is 5.16. The molecule has 2 heteroatoms. The van der Waals surface area contributed by atoms with E-state index in [2.05, 4.69) is 6.92 Å². The van der Waals surface area contributed by atoms with Crippen molar-refractivity contribution in [3.8, 4) is 0 Å². The van der Waals surface area contributed by atoms with Crippen LogP contribution in [0.4, 0.5) is 0 Å². The molecule has 0 spiro atoms. The van der Waals surface area contributed by atoms with Crippen LogP contribution < -0.4 is 0 Å². The maximum atomic E-state index is 11.1. The predicted octanol–water partition coefficient (Wildman–Crippen LogP) is 3.12. The molecule has 1 unspecified atom stereocenters. The highest BCUT2D eigenvalue weighted by atomic mass is 16.5. The second kappa shape index (κ2) is 5.97. The molecule has 0 bridgehead atoms. The molecule has 0 fully saturated rings. The molecule has 0 aliphatic heterocycles. The van der Waals surface area contributed by atoms with Crippen LogP contribution in [-0.2, 0) is 9.53 Å². The molecule has 0 saturated heterocycles. The topological polar surface area (TPSA) is 26.3 Å². The molecule has 0 aromatic rings. The minimum Gasteiger partial charge on any atom is -0.374 e. The predicted molar refractivity (Wildman–Crippen MR) is 59.4 cm³/mol. The summed E-state index contributed by atoms with van der Waals surface area (Å²) in [7, 11) is 1.69. The summed E-state index contributed by atoms with van der Waals surface area (Å²) >= 11 is 0. The molecule has 0 amide bonds. The van der Waals surface area contributed by atoms with E-state index < -0.39 is 0 Å². The minimum absolute atomic E-state index is 0.116. The van der Waals surface area contributed by atoms with E-state index in [1.54, 1.807) is 14.0 Å². The quantitative estimate of drug-likeness (QED) is 0.613. The number of ketones is 1. The molecule has 0 aromatic heterocycles. The number of hydrogen-bond donors (Lipinski definition) is 0. The maximum absolute atomic E-state index is 11.1. The van der Waals surface area contributed by atoms with Crippen LogP contribution in [0.15, 0.2) is 11.6 Å². The van der Waals surface area contributed by atoms with Gasteiger partial charge in [-0.25, -0.2) is 0 Å². The van der Waals surface area contributed by atoms with Crippen LogP contribution in [0.5, 0.6) is 0 Å². The molecule has 0 rings (SSSR count). The molecule has 0 aromatic carbocycles. The Kier molecular flexibility index (Phi) is 5.70. The van der Waals surface area contributed by atoms with Gasteiger partial charge in [0.1, 0.15) is 0 Å². The van der Waals surface area contributed by atoms with Gasteiger partial charge >= 0.3 is 0 Å². The van der Waals surface area contributed by atoms with Crippen molar-refractivity contribution in [1.29, 1.82) is 0 Å². The zero-order chi connectivity index (χ0) is 11.2. The van der Waals surface area contributed by atoms with Crippen molar-refractivity contribution >= 4 is 5.78 Å². The molecule has 82 valence electrons. The number of unbranched alkanes of at least 4 members (excludes halogenated alkanes) is 1. The molecule has 0 aliphatic rings. The normalized spacial score (nSPS) is 16.5. The highest BCUT2D eigenvalue weighted by Gasteiger charge is 2.20. The Morgan fingerprint density at radius 3 is 2.36 bits per heavy atom. The summed E-state index contributed by atoms with van der Waals surface area (Å²) in [5.41, 5.74) is 0.497. The largest absolute Gasteiger partial charge is 0.374 e. The van der Waals surface area contributed by atoms with Crippen LogP contribution in [0, 0.1) is 0 Å². The average Bonchev–Trinajstić information content (AvgIpc) is 2.14. The highest BCUT2D eigenvalue weighted by molar-refractivity contribution is 5.92. The summed E-state index contributed by atoms with van der Waals surface area (Å²) < 4.78 is 5.43. The number of allylic oxidation sites excluding steroid dienone is 1. The zero-order valence-electron chi connectivity index (χ0n) is 10.0. The van der Waals surface area contributed by atoms with E-state index >= 15 is 0 Å². The van der Waals surface area contributed by atoms with Crippen LogP contribution in [0.25, 0.3) is 0 Å². The Morgan fingerprint density at radius 1 is 1.43 bits per heavy atom. The summed E-state index contributed by atoms with van der Waals surface area (Å²) in [6, 6.07) is 0. The lowest BCUT2D eigenvalue weighted by atomic mass is 9.95. The molecule has 0 N–H and O–H groups in total. The van der Waals surface area contributed by atoms with E-state index in [4.69, 9.17) is 4.74 Å². The van der Waals surface area contributed by atoms with Crippen molar-refractivity contribution in [2.24, 2.45) is 0 Å². The summed E-state index contributed by atoms with van der Waals surface area (Å²) in [5.74, 6) is 0.116. The minimum atomic E-state index is -0.286. The van der Waals surface area contributed by atoms with Gasteiger partial charge in [-0.1, -0.05) is 19.8 Å². The molecular weight excluding hydrogens is 176 g/mol. The third-order valence-electron chi connectivity index (χ3n) is 2.57. The van der Waals surface area contributed by atoms with Gasteiger partial charge in [0.2, 0.25) is 0 Å². The van der Waals surface area contributed by atoms with Gasteiger partial charge in [0.15, 0.2) is 5.78 Å². The second-order valence-corrected chi connectivity index (χ2v) is 4.00. The number of carbonyl (C=O) groups excluding carboxylic acids is 1. The number of rotatable bonds is 6. The first-order valence-corrected chi connectivity index (χ1v) is 5.20. The van der Waals surface area contributed by atoms with Crippen LogP contribution in [0.3, 0.4) is 0 Å². The maximum Gasteiger partial charge on any atom is 0.155 e. The first-order chi connectivity index (χ1) is 6.45. The van der Waals surface area contributed by atoms with E-state index in [-0.39, 0.29) is 11.4 Å². The Bertz CT molecular complexity index is 218. The lowest BCUT2D eigenvalue weighted by molar-refractivity contribution is -0.113. The molecule has 1 atom stereocenters. The van der Waals surface area contributed by atoms with Crippen molar-refractivity contribution in [3.63, 3.8) is 0 Å². The van der Waals surface area contributed by atoms with Gasteiger partial charge < -0.3 is 4.74 Å². The Balaban J connectivity index is 4.52. The summed E-state index contributed by atoms with van der Waals surface area (Å²) in [6.45, 7) is 7.60. The van der Waals surface area contributed by atoms with Gasteiger partial charge in [0.05, 0.1) is 5.60 Å². The smallest absolute Gasteiger partial charge is 0.155 e. The van der Waals surface area contributed by atoms with E-state index in [0.717, 1.165) is 24.8 Å². The zero-order valence-corrected chi connectivity index (χ0v) is 10.0. The van der Waals surface area contributed by atoms with Crippen LogP contribution in [-0.4, -0.2) is 18.5 Å². The van der Waals surface area contributed by atoms with E-state index in [1.165, 1.54) is 0 Å². The van der Waals surface area contributed by atoms with Gasteiger partial charge in [0.25, 0.3) is 0 Å². The molecule has 0 radical (unpaired) electrons. The van der Waals surface area contributed by atoms with Gasteiger partial charge in [-0.15, -0.1) is 0 Å². The average molecular weight is 198 g/mol. The van der Waals surface area contributed by atoms with Crippen molar-refractivity contribution in [2.45, 2.75) is 52.6 Å². The Labute approximate surface area is 87.3 Å². The Hall–Kier alpha value is -0.630. The van der Waals surface area contributed by atoms with Crippen molar-refractivity contribution in [3.05, 3.63) is 11.6 Å². The Morgan fingerprint density at radius 2 is 2.00 bits per heavy atom. The van der Waals surface area contributed by atoms with Gasteiger partial charge in [-0.3, -0.25) is 4.79 Å². The first-order valence-electron chi connectivity index (χ1n) is 5.20. The van der Waals surface area contributed by atoms with E-state index in [1.807, 2.05) is 19.9 Å². The number of carbonyl (C=O) groups is 1. The monoisotopic (exact) mass is 198 g/mol. The van der Waals surface area contributed by atoms with Crippen molar-refractivity contribution in [1.82, 2.24) is 0 Å². The first kappa shape index (κ1) is 13.4. The number of methoxy groups -OCH3 is 1. The lowest BCUT2D eigenvalue weighted by Gasteiger charge is -2.25. The molecule has 0 heterocycles. The lowest BCUT2D eigenvalue weighted by Crippen LogP contribution is -2.25. The molecule has 0 saturated carbocycles. The summed E-state index contributed by atoms with van der Waals surface area (Å²) in [4.78, 5) is 11.1. The molecule has 2 nitrogen and oxygen atoms in total. The third kappa shape index (κ3) is 4.56. The van der Waals surface area contributed by atoms with Crippen LogP contribution in [0.1, 0.15) is 47.0 Å². The van der Waals surface area contributed by atoms with Gasteiger partial charge in [-0.05, 0) is 38.8 Å². The third-order valence-corrected chi connectivity index (χ3v) is 2.57. The molecular formula is C12H22O2. The molecule has 0 aliphatic carbocycles. The van der Waals surface area contributed by atoms with E-state index in [0.29, 0.717) is 0 Å². The standard InChI is InChI=1S/C12H22O2/c1-6-7-8-12(4,14-5)9-10(2)11(3)13/h9H,6-8H2,1-5H3. The summed E-state index contributed by atoms with van der Waals surface area (Å²) in [5, 5.41) is 0. The fourth-order valence-electron chi connectivity index (χ4n) is 1.32. The van der Waals surface area contributed by atoms with E-state index in [9.17, 15) is 4.79 Å². The molecule has 14 heavy (non-hydrogen) atoms. The van der Waals surface area contributed by atoms with Crippen molar-refractivity contribution < 1.29 is 9.53 Å². The fourth-order valence-corrected chi connectivity index (χ4v) is 1.32. The SMILES string of the molecule is CCCCC(C)(C=C(C)C(C)=O)OC. The van der Waals surface area contributed by atoms with Crippen molar-refractivity contribution in [2.75, 3.05) is 7.11 Å². The van der Waals surface area contributed by atoms with Crippen LogP contribution in [0.2, 0.25) is 0 Å². The second-order valence-electron chi connectivity index (χ2n) is 4.00. The van der Waals surface area contributed by atoms with Crippen LogP contribution >= 0.6 is 0 Å². The number of Topliss-reactive ketones (excluding diaryl/α,β-unsaturated/α-hetero) is 1. The number of ether oxygens (including phenoxy) is 1. The highest BCUT2D eigenvalue weighted by Crippen LogP contribution is 2.21. The number of hydrogen-bond acceptors (Lipinski definition) is 2. The van der Waals surface area contributed by atoms with Gasteiger partial charge in [-0.2, -0.15) is 0 Å². The fraction of sp³-hybridized carbons (Fsp3) is 0.750. The van der Waals surface area contributed by atoms with Gasteiger partial charge in [0, 0.05) is 7.11 Å².